The summed E-state index contributed by atoms with van der Waals surface area (Å²) in [7, 11) is 0. The van der Waals surface area contributed by atoms with Crippen molar-refractivity contribution in [2.75, 3.05) is 25.0 Å². The second-order valence-corrected chi connectivity index (χ2v) is 7.54. The number of nitrogens with zero attached hydrogens (tertiary/aromatic N) is 3. The van der Waals surface area contributed by atoms with Crippen LogP contribution in [0.25, 0.3) is 0 Å². The summed E-state index contributed by atoms with van der Waals surface area (Å²) in [5, 5.41) is 5.56. The molecule has 122 valence electrons. The van der Waals surface area contributed by atoms with E-state index in [1.54, 1.807) is 12.4 Å². The molecule has 0 radical (unpaired) electrons. The van der Waals surface area contributed by atoms with Gasteiger partial charge in [-0.1, -0.05) is 6.07 Å². The highest BCUT2D eigenvalue weighted by Gasteiger charge is 2.43. The second kappa shape index (κ2) is 6.55. The molecule has 0 aromatic carbocycles. The van der Waals surface area contributed by atoms with Gasteiger partial charge >= 0.3 is 0 Å². The van der Waals surface area contributed by atoms with E-state index < -0.39 is 0 Å². The topological polar surface area (TPSA) is 50.3 Å². The van der Waals surface area contributed by atoms with Crippen LogP contribution in [0.4, 0.5) is 5.95 Å². The molecular weight excluding hydrogens is 308 g/mol. The van der Waals surface area contributed by atoms with Gasteiger partial charge in [-0.05, 0) is 36.9 Å². The van der Waals surface area contributed by atoms with Crippen LogP contribution < -0.4 is 5.32 Å². The summed E-state index contributed by atoms with van der Waals surface area (Å²) in [6.07, 6.45) is 6.93. The number of ether oxygens (including phenoxy) is 1. The molecule has 2 unspecified atom stereocenters. The molecule has 1 N–H and O–H groups in total. The fourth-order valence-electron chi connectivity index (χ4n) is 3.73. The van der Waals surface area contributed by atoms with Crippen molar-refractivity contribution in [3.05, 3.63) is 40.8 Å². The zero-order valence-corrected chi connectivity index (χ0v) is 14.0. The standard InChI is InChI=1S/C17H22N4OS/c1-4-15(23-9-1)11-21-8-2-5-17(13-21)10-14(12-22-17)20-16-18-6-3-7-19-16/h1,3-4,6-7,9,14H,2,5,8,10-13H2,(H,18,19,20). The first-order valence-corrected chi connectivity index (χ1v) is 9.12. The Kier molecular flexibility index (Phi) is 4.29. The number of rotatable bonds is 4. The number of anilines is 1. The average Bonchev–Trinajstić information content (AvgIpc) is 3.19. The smallest absolute Gasteiger partial charge is 0.222 e. The minimum absolute atomic E-state index is 0.00194. The summed E-state index contributed by atoms with van der Waals surface area (Å²) in [4.78, 5) is 12.5. The van der Waals surface area contributed by atoms with Crippen LogP contribution in [0.1, 0.15) is 24.1 Å². The van der Waals surface area contributed by atoms with Gasteiger partial charge in [-0.25, -0.2) is 9.97 Å². The highest BCUT2D eigenvalue weighted by Crippen LogP contribution is 2.36. The number of piperidine rings is 1. The van der Waals surface area contributed by atoms with Crippen molar-refractivity contribution in [1.29, 1.82) is 0 Å². The van der Waals surface area contributed by atoms with Gasteiger partial charge in [0.15, 0.2) is 0 Å². The summed E-state index contributed by atoms with van der Waals surface area (Å²) in [5.41, 5.74) is 0.00194. The monoisotopic (exact) mass is 330 g/mol. The average molecular weight is 330 g/mol. The maximum Gasteiger partial charge on any atom is 0.222 e. The lowest BCUT2D eigenvalue weighted by Gasteiger charge is -2.39. The maximum atomic E-state index is 6.26. The van der Waals surface area contributed by atoms with Crippen LogP contribution in [0.15, 0.2) is 36.0 Å². The Hall–Kier alpha value is -1.50. The highest BCUT2D eigenvalue weighted by atomic mass is 32.1. The van der Waals surface area contributed by atoms with Crippen LogP contribution in [-0.2, 0) is 11.3 Å². The van der Waals surface area contributed by atoms with Crippen LogP contribution in [0.3, 0.4) is 0 Å². The Balaban J connectivity index is 1.37. The molecule has 2 aliphatic rings. The van der Waals surface area contributed by atoms with Gasteiger partial charge in [0.25, 0.3) is 0 Å². The van der Waals surface area contributed by atoms with Crippen molar-refractivity contribution in [3.8, 4) is 0 Å². The number of likely N-dealkylation sites (tertiary alicyclic amines) is 1. The van der Waals surface area contributed by atoms with E-state index in [2.05, 4.69) is 37.7 Å². The van der Waals surface area contributed by atoms with Gasteiger partial charge in [0.05, 0.1) is 18.2 Å². The Morgan fingerprint density at radius 3 is 3.09 bits per heavy atom. The van der Waals surface area contributed by atoms with Crippen molar-refractivity contribution in [3.63, 3.8) is 0 Å². The number of aromatic nitrogens is 2. The van der Waals surface area contributed by atoms with Gasteiger partial charge in [-0.2, -0.15) is 0 Å². The number of thiophene rings is 1. The summed E-state index contributed by atoms with van der Waals surface area (Å²) in [6, 6.07) is 6.49. The molecule has 2 aliphatic heterocycles. The lowest BCUT2D eigenvalue weighted by Crippen LogP contribution is -2.47. The largest absolute Gasteiger partial charge is 0.371 e. The van der Waals surface area contributed by atoms with Crippen LogP contribution >= 0.6 is 11.3 Å². The Morgan fingerprint density at radius 1 is 1.35 bits per heavy atom. The Labute approximate surface area is 140 Å². The second-order valence-electron chi connectivity index (χ2n) is 6.51. The lowest BCUT2D eigenvalue weighted by atomic mass is 9.88. The lowest BCUT2D eigenvalue weighted by molar-refractivity contribution is -0.0531. The minimum atomic E-state index is 0.00194. The zero-order chi connectivity index (χ0) is 15.5. The van der Waals surface area contributed by atoms with Gasteiger partial charge < -0.3 is 10.1 Å². The van der Waals surface area contributed by atoms with E-state index in [1.807, 2.05) is 17.4 Å². The van der Waals surface area contributed by atoms with Crippen LogP contribution in [0.5, 0.6) is 0 Å². The van der Waals surface area contributed by atoms with Gasteiger partial charge in [0, 0.05) is 36.8 Å². The maximum absolute atomic E-state index is 6.26. The summed E-state index contributed by atoms with van der Waals surface area (Å²) in [5.74, 6) is 0.699. The molecule has 4 heterocycles. The first-order valence-electron chi connectivity index (χ1n) is 8.24. The number of hydrogen-bond donors (Lipinski definition) is 1. The van der Waals surface area contributed by atoms with E-state index >= 15 is 0 Å². The molecule has 0 amide bonds. The molecule has 1 spiro atoms. The summed E-state index contributed by atoms with van der Waals surface area (Å²) >= 11 is 1.84. The molecule has 4 rings (SSSR count). The van der Waals surface area contributed by atoms with Crippen molar-refractivity contribution < 1.29 is 4.74 Å². The molecule has 2 aromatic rings. The van der Waals surface area contributed by atoms with E-state index in [0.29, 0.717) is 12.0 Å². The third-order valence-corrected chi connectivity index (χ3v) is 5.55. The Morgan fingerprint density at radius 2 is 2.26 bits per heavy atom. The van der Waals surface area contributed by atoms with Gasteiger partial charge in [0.2, 0.25) is 5.95 Å². The van der Waals surface area contributed by atoms with Crippen LogP contribution in [0.2, 0.25) is 0 Å². The molecule has 0 aliphatic carbocycles. The molecule has 6 heteroatoms. The van der Waals surface area contributed by atoms with E-state index in [4.69, 9.17) is 4.74 Å². The van der Waals surface area contributed by atoms with E-state index in [1.165, 1.54) is 17.8 Å². The normalized spacial score (nSPS) is 28.3. The van der Waals surface area contributed by atoms with Gasteiger partial charge in [-0.15, -0.1) is 11.3 Å². The molecule has 0 saturated carbocycles. The van der Waals surface area contributed by atoms with E-state index in [-0.39, 0.29) is 5.60 Å². The molecule has 2 fully saturated rings. The van der Waals surface area contributed by atoms with E-state index in [0.717, 1.165) is 32.5 Å². The molecular formula is C17H22N4OS. The fourth-order valence-corrected chi connectivity index (χ4v) is 4.47. The Bertz CT molecular complexity index is 621. The molecule has 5 nitrogen and oxygen atoms in total. The third-order valence-electron chi connectivity index (χ3n) is 4.69. The van der Waals surface area contributed by atoms with Crippen LogP contribution in [0, 0.1) is 0 Å². The van der Waals surface area contributed by atoms with Crippen molar-refractivity contribution in [1.82, 2.24) is 14.9 Å². The first-order chi connectivity index (χ1) is 11.3. The minimum Gasteiger partial charge on any atom is -0.371 e. The van der Waals surface area contributed by atoms with Crippen molar-refractivity contribution >= 4 is 17.3 Å². The van der Waals surface area contributed by atoms with Gasteiger partial charge in [0.1, 0.15) is 0 Å². The fraction of sp³-hybridized carbons (Fsp3) is 0.529. The zero-order valence-electron chi connectivity index (χ0n) is 13.1. The van der Waals surface area contributed by atoms with Crippen molar-refractivity contribution in [2.24, 2.45) is 0 Å². The van der Waals surface area contributed by atoms with Crippen LogP contribution in [-0.4, -0.2) is 46.2 Å². The molecule has 2 aromatic heterocycles. The molecule has 0 bridgehead atoms. The van der Waals surface area contributed by atoms with Crippen molar-refractivity contribution in [2.45, 2.75) is 37.5 Å². The molecule has 23 heavy (non-hydrogen) atoms. The summed E-state index contributed by atoms with van der Waals surface area (Å²) < 4.78 is 6.26. The van der Waals surface area contributed by atoms with E-state index in [9.17, 15) is 0 Å². The highest BCUT2D eigenvalue weighted by molar-refractivity contribution is 7.09. The molecule has 2 atom stereocenters. The number of hydrogen-bond acceptors (Lipinski definition) is 6. The predicted octanol–water partition coefficient (Wildman–Crippen LogP) is 2.77. The SMILES string of the molecule is c1cnc(NC2COC3(CCCN(Cc4cccs4)C3)C2)nc1. The predicted molar refractivity (Wildman–Crippen MR) is 91.6 cm³/mol. The quantitative estimate of drug-likeness (QED) is 0.934. The van der Waals surface area contributed by atoms with Gasteiger partial charge in [-0.3, -0.25) is 4.90 Å². The summed E-state index contributed by atoms with van der Waals surface area (Å²) in [6.45, 7) is 3.98. The third kappa shape index (κ3) is 3.54. The first kappa shape index (κ1) is 15.1. The molecule has 2 saturated heterocycles. The number of nitrogens with one attached hydrogen (secondary N) is 1.